The summed E-state index contributed by atoms with van der Waals surface area (Å²) in [6.45, 7) is 4.36. The molecule has 0 aliphatic rings. The van der Waals surface area contributed by atoms with E-state index in [-0.39, 0.29) is 28.7 Å². The van der Waals surface area contributed by atoms with Crippen LogP contribution in [0.2, 0.25) is 0 Å². The van der Waals surface area contributed by atoms with Gasteiger partial charge in [-0.1, -0.05) is 13.8 Å². The van der Waals surface area contributed by atoms with E-state index in [0.29, 0.717) is 30.3 Å². The molecule has 0 aromatic heterocycles. The second kappa shape index (κ2) is 11.2. The van der Waals surface area contributed by atoms with E-state index in [1.165, 1.54) is 49.8 Å². The Labute approximate surface area is 195 Å². The van der Waals surface area contributed by atoms with Gasteiger partial charge >= 0.3 is 0 Å². The third-order valence-corrected chi connectivity index (χ3v) is 7.30. The molecule has 0 atom stereocenters. The Balaban J connectivity index is 2.40. The zero-order valence-electron chi connectivity index (χ0n) is 20.2. The number of methoxy groups -OCH3 is 4. The molecule has 2 rings (SSSR count). The van der Waals surface area contributed by atoms with Crippen LogP contribution in [0.15, 0.2) is 35.2 Å². The standard InChI is InChI=1S/C23H32N2O7S/c1-8-25(9-2)33(27,28)21-14-17(10-11-18(21)29-4)23(26)24(3)15-16-12-19(30-5)22(32-7)20(13-16)31-6/h10-14H,8-9,15H2,1-7H3. The molecule has 1 amide bonds. The second-order valence-corrected chi connectivity index (χ2v) is 9.06. The average molecular weight is 481 g/mol. The maximum absolute atomic E-state index is 13.2. The predicted octanol–water partition coefficient (Wildman–Crippen LogP) is 3.02. The normalized spacial score (nSPS) is 11.3. The van der Waals surface area contributed by atoms with Crippen molar-refractivity contribution >= 4 is 15.9 Å². The Hall–Kier alpha value is -2.98. The first-order valence-corrected chi connectivity index (χ1v) is 11.8. The summed E-state index contributed by atoms with van der Waals surface area (Å²) < 4.78 is 48.9. The average Bonchev–Trinajstić information content (AvgIpc) is 2.82. The number of nitrogens with zero attached hydrogens (tertiary/aromatic N) is 2. The van der Waals surface area contributed by atoms with E-state index in [9.17, 15) is 13.2 Å². The van der Waals surface area contributed by atoms with Gasteiger partial charge in [0.15, 0.2) is 11.5 Å². The van der Waals surface area contributed by atoms with Crippen molar-refractivity contribution in [2.24, 2.45) is 0 Å². The van der Waals surface area contributed by atoms with E-state index < -0.39 is 10.0 Å². The molecule has 182 valence electrons. The van der Waals surface area contributed by atoms with E-state index in [0.717, 1.165) is 5.56 Å². The molecule has 0 unspecified atom stereocenters. The smallest absolute Gasteiger partial charge is 0.253 e. The number of hydrogen-bond donors (Lipinski definition) is 0. The van der Waals surface area contributed by atoms with E-state index in [4.69, 9.17) is 18.9 Å². The summed E-state index contributed by atoms with van der Waals surface area (Å²) in [5, 5.41) is 0. The number of benzene rings is 2. The molecule has 0 saturated carbocycles. The molecule has 0 N–H and O–H groups in total. The summed E-state index contributed by atoms with van der Waals surface area (Å²) in [6, 6.07) is 7.93. The highest BCUT2D eigenvalue weighted by molar-refractivity contribution is 7.89. The summed E-state index contributed by atoms with van der Waals surface area (Å²) in [4.78, 5) is 14.6. The Bertz CT molecular complexity index is 1060. The highest BCUT2D eigenvalue weighted by atomic mass is 32.2. The monoisotopic (exact) mass is 480 g/mol. The molecule has 0 aliphatic heterocycles. The first-order chi connectivity index (χ1) is 15.7. The fourth-order valence-corrected chi connectivity index (χ4v) is 5.15. The molecule has 10 heteroatoms. The van der Waals surface area contributed by atoms with Gasteiger partial charge in [-0.05, 0) is 35.9 Å². The molecule has 0 spiro atoms. The fraction of sp³-hybridized carbons (Fsp3) is 0.435. The summed E-state index contributed by atoms with van der Waals surface area (Å²) >= 11 is 0. The largest absolute Gasteiger partial charge is 0.495 e. The van der Waals surface area contributed by atoms with Gasteiger partial charge < -0.3 is 23.8 Å². The van der Waals surface area contributed by atoms with Crippen LogP contribution in [0.4, 0.5) is 0 Å². The van der Waals surface area contributed by atoms with Crippen LogP contribution >= 0.6 is 0 Å². The van der Waals surface area contributed by atoms with Crippen LogP contribution in [0.25, 0.3) is 0 Å². The zero-order valence-corrected chi connectivity index (χ0v) is 21.0. The number of rotatable bonds is 11. The molecular formula is C23H32N2O7S. The maximum atomic E-state index is 13.2. The Morgan fingerprint density at radius 2 is 1.39 bits per heavy atom. The lowest BCUT2D eigenvalue weighted by Gasteiger charge is -2.22. The number of sulfonamides is 1. The van der Waals surface area contributed by atoms with Crippen LogP contribution in [0, 0.1) is 0 Å². The minimum atomic E-state index is -3.82. The molecule has 0 fully saturated rings. The van der Waals surface area contributed by atoms with Gasteiger partial charge in [0, 0.05) is 32.2 Å². The van der Waals surface area contributed by atoms with Gasteiger partial charge in [-0.2, -0.15) is 4.31 Å². The van der Waals surface area contributed by atoms with Crippen molar-refractivity contribution in [3.63, 3.8) is 0 Å². The van der Waals surface area contributed by atoms with Crippen molar-refractivity contribution in [3.8, 4) is 23.0 Å². The van der Waals surface area contributed by atoms with Crippen LogP contribution < -0.4 is 18.9 Å². The third kappa shape index (κ3) is 5.51. The van der Waals surface area contributed by atoms with Crippen molar-refractivity contribution in [2.45, 2.75) is 25.3 Å². The molecule has 0 radical (unpaired) electrons. The highest BCUT2D eigenvalue weighted by Crippen LogP contribution is 2.38. The molecule has 2 aromatic rings. The summed E-state index contributed by atoms with van der Waals surface area (Å²) in [5.74, 6) is 1.25. The topological polar surface area (TPSA) is 94.6 Å². The van der Waals surface area contributed by atoms with Crippen molar-refractivity contribution in [1.29, 1.82) is 0 Å². The second-order valence-electron chi connectivity index (χ2n) is 7.15. The molecule has 33 heavy (non-hydrogen) atoms. The first-order valence-electron chi connectivity index (χ1n) is 10.4. The highest BCUT2D eigenvalue weighted by Gasteiger charge is 2.27. The van der Waals surface area contributed by atoms with Crippen LogP contribution in [0.3, 0.4) is 0 Å². The lowest BCUT2D eigenvalue weighted by molar-refractivity contribution is 0.0784. The molecule has 2 aromatic carbocycles. The van der Waals surface area contributed by atoms with Crippen molar-refractivity contribution in [3.05, 3.63) is 41.5 Å². The molecule has 0 heterocycles. The SMILES string of the molecule is CCN(CC)S(=O)(=O)c1cc(C(=O)N(C)Cc2cc(OC)c(OC)c(OC)c2)ccc1OC. The number of carbonyl (C=O) groups is 1. The lowest BCUT2D eigenvalue weighted by atomic mass is 10.1. The van der Waals surface area contributed by atoms with E-state index in [1.54, 1.807) is 39.1 Å². The van der Waals surface area contributed by atoms with Gasteiger partial charge in [0.2, 0.25) is 15.8 Å². The number of amides is 1. The quantitative estimate of drug-likeness (QED) is 0.488. The summed E-state index contributed by atoms with van der Waals surface area (Å²) in [6.07, 6.45) is 0. The molecule has 9 nitrogen and oxygen atoms in total. The van der Waals surface area contributed by atoms with E-state index >= 15 is 0 Å². The van der Waals surface area contributed by atoms with Crippen LogP contribution in [0.1, 0.15) is 29.8 Å². The fourth-order valence-electron chi connectivity index (χ4n) is 3.51. The van der Waals surface area contributed by atoms with Crippen molar-refractivity contribution in [2.75, 3.05) is 48.6 Å². The zero-order chi connectivity index (χ0) is 24.8. The van der Waals surface area contributed by atoms with Gasteiger partial charge in [0.1, 0.15) is 10.6 Å². The van der Waals surface area contributed by atoms with Gasteiger partial charge in [0.25, 0.3) is 5.91 Å². The minimum absolute atomic E-state index is 0.0410. The van der Waals surface area contributed by atoms with E-state index in [2.05, 4.69) is 0 Å². The maximum Gasteiger partial charge on any atom is 0.253 e. The molecular weight excluding hydrogens is 448 g/mol. The Morgan fingerprint density at radius 1 is 0.848 bits per heavy atom. The van der Waals surface area contributed by atoms with Gasteiger partial charge in [-0.3, -0.25) is 4.79 Å². The summed E-state index contributed by atoms with van der Waals surface area (Å²) in [5.41, 5.74) is 0.987. The molecule has 0 aliphatic carbocycles. The molecule has 0 bridgehead atoms. The summed E-state index contributed by atoms with van der Waals surface area (Å²) in [7, 11) is 3.77. The lowest BCUT2D eigenvalue weighted by Crippen LogP contribution is -2.31. The predicted molar refractivity (Wildman–Crippen MR) is 125 cm³/mol. The Kier molecular flexibility index (Phi) is 8.95. The van der Waals surface area contributed by atoms with Crippen LogP contribution in [0.5, 0.6) is 23.0 Å². The van der Waals surface area contributed by atoms with Gasteiger partial charge in [-0.15, -0.1) is 0 Å². The Morgan fingerprint density at radius 3 is 1.85 bits per heavy atom. The minimum Gasteiger partial charge on any atom is -0.495 e. The number of hydrogen-bond acceptors (Lipinski definition) is 7. The van der Waals surface area contributed by atoms with Crippen LogP contribution in [-0.2, 0) is 16.6 Å². The van der Waals surface area contributed by atoms with E-state index in [1.807, 2.05) is 0 Å². The van der Waals surface area contributed by atoms with Crippen molar-refractivity contribution in [1.82, 2.24) is 9.21 Å². The molecule has 0 saturated heterocycles. The third-order valence-electron chi connectivity index (χ3n) is 5.22. The number of ether oxygens (including phenoxy) is 4. The van der Waals surface area contributed by atoms with Crippen molar-refractivity contribution < 1.29 is 32.2 Å². The first kappa shape index (κ1) is 26.3. The van der Waals surface area contributed by atoms with Gasteiger partial charge in [0.05, 0.1) is 28.4 Å². The number of carbonyl (C=O) groups excluding carboxylic acids is 1. The van der Waals surface area contributed by atoms with Gasteiger partial charge in [-0.25, -0.2) is 8.42 Å². The van der Waals surface area contributed by atoms with Crippen LogP contribution in [-0.4, -0.2) is 72.1 Å².